The third kappa shape index (κ3) is 3.00. The molecule has 2 unspecified atom stereocenters. The molecule has 1 saturated carbocycles. The average Bonchev–Trinajstić information content (AvgIpc) is 3.34. The minimum Gasteiger partial charge on any atom is -0.497 e. The number of aromatic nitrogens is 2. The first kappa shape index (κ1) is 17.7. The first-order valence-electron chi connectivity index (χ1n) is 10.2. The molecule has 0 radical (unpaired) electrons. The second-order valence-corrected chi connectivity index (χ2v) is 8.72. The zero-order valence-electron chi connectivity index (χ0n) is 16.1. The van der Waals surface area contributed by atoms with Crippen LogP contribution in [-0.2, 0) is 0 Å². The van der Waals surface area contributed by atoms with Gasteiger partial charge < -0.3 is 9.64 Å². The Balaban J connectivity index is 1.45. The van der Waals surface area contributed by atoms with Crippen LogP contribution in [0.4, 0.5) is 0 Å². The van der Waals surface area contributed by atoms with Crippen LogP contribution in [0.15, 0.2) is 35.8 Å². The van der Waals surface area contributed by atoms with Gasteiger partial charge in [0.05, 0.1) is 12.8 Å². The fourth-order valence-electron chi connectivity index (χ4n) is 4.86. The minimum atomic E-state index is 0.168. The lowest BCUT2D eigenvalue weighted by molar-refractivity contribution is 0.0384. The van der Waals surface area contributed by atoms with E-state index in [4.69, 9.17) is 9.72 Å². The zero-order valence-corrected chi connectivity index (χ0v) is 17.0. The van der Waals surface area contributed by atoms with Gasteiger partial charge in [0.1, 0.15) is 11.4 Å². The Bertz CT molecular complexity index is 989. The Morgan fingerprint density at radius 2 is 1.93 bits per heavy atom. The van der Waals surface area contributed by atoms with Crippen molar-refractivity contribution in [2.24, 2.45) is 5.92 Å². The van der Waals surface area contributed by atoms with Gasteiger partial charge in [0, 0.05) is 29.7 Å². The van der Waals surface area contributed by atoms with Gasteiger partial charge in [0.2, 0.25) is 0 Å². The van der Waals surface area contributed by atoms with Gasteiger partial charge in [-0.2, -0.15) is 0 Å². The van der Waals surface area contributed by atoms with Crippen molar-refractivity contribution in [3.63, 3.8) is 0 Å². The van der Waals surface area contributed by atoms with E-state index in [-0.39, 0.29) is 5.91 Å². The van der Waals surface area contributed by atoms with Gasteiger partial charge in [-0.3, -0.25) is 9.20 Å². The summed E-state index contributed by atoms with van der Waals surface area (Å²) in [4.78, 5) is 21.2. The molecule has 2 aliphatic rings. The van der Waals surface area contributed by atoms with Gasteiger partial charge in [-0.05, 0) is 55.9 Å². The zero-order chi connectivity index (χ0) is 19.1. The Hall–Kier alpha value is -2.34. The van der Waals surface area contributed by atoms with E-state index < -0.39 is 0 Å². The highest BCUT2D eigenvalue weighted by atomic mass is 32.1. The Labute approximate surface area is 169 Å². The van der Waals surface area contributed by atoms with Crippen LogP contribution in [0.1, 0.15) is 49.0 Å². The average molecular weight is 396 g/mol. The molecule has 0 N–H and O–H groups in total. The lowest BCUT2D eigenvalue weighted by Crippen LogP contribution is -2.49. The van der Waals surface area contributed by atoms with E-state index in [1.54, 1.807) is 7.11 Å². The molecule has 2 atom stereocenters. The first-order chi connectivity index (χ1) is 13.7. The smallest absolute Gasteiger partial charge is 0.272 e. The Morgan fingerprint density at radius 1 is 1.14 bits per heavy atom. The number of methoxy groups -OCH3 is 1. The number of ether oxygens (including phenoxy) is 1. The van der Waals surface area contributed by atoms with E-state index in [2.05, 4.69) is 4.90 Å². The summed E-state index contributed by atoms with van der Waals surface area (Å²) in [6.07, 6.45) is 9.39. The number of likely N-dealkylation sites (tertiary alicyclic amines) is 1. The number of benzene rings is 1. The van der Waals surface area contributed by atoms with E-state index in [0.717, 1.165) is 47.0 Å². The van der Waals surface area contributed by atoms with E-state index in [9.17, 15) is 4.79 Å². The van der Waals surface area contributed by atoms with Crippen molar-refractivity contribution in [3.05, 3.63) is 41.5 Å². The highest BCUT2D eigenvalue weighted by Gasteiger charge is 2.36. The number of amides is 1. The molecule has 28 heavy (non-hydrogen) atoms. The number of hydrogen-bond acceptors (Lipinski definition) is 4. The quantitative estimate of drug-likeness (QED) is 0.636. The summed E-state index contributed by atoms with van der Waals surface area (Å²) in [6.45, 7) is 0.886. The van der Waals surface area contributed by atoms with Crippen molar-refractivity contribution < 1.29 is 9.53 Å². The number of imidazole rings is 1. The molecule has 3 aromatic rings. The third-order valence-corrected chi connectivity index (χ3v) is 7.16. The van der Waals surface area contributed by atoms with Crippen molar-refractivity contribution in [2.75, 3.05) is 13.7 Å². The van der Waals surface area contributed by atoms with Gasteiger partial charge >= 0.3 is 0 Å². The predicted molar refractivity (Wildman–Crippen MR) is 111 cm³/mol. The maximum Gasteiger partial charge on any atom is 0.272 e. The third-order valence-electron chi connectivity index (χ3n) is 6.32. The van der Waals surface area contributed by atoms with Gasteiger partial charge in [-0.1, -0.05) is 12.8 Å². The largest absolute Gasteiger partial charge is 0.497 e. The number of piperidine rings is 1. The van der Waals surface area contributed by atoms with Crippen LogP contribution in [0.5, 0.6) is 5.75 Å². The number of carbonyl (C=O) groups excluding carboxylic acids is 1. The lowest BCUT2D eigenvalue weighted by atomic mass is 9.78. The molecule has 146 valence electrons. The fourth-order valence-corrected chi connectivity index (χ4v) is 5.71. The first-order valence-corrected chi connectivity index (χ1v) is 11.0. The summed E-state index contributed by atoms with van der Waals surface area (Å²) in [5, 5.41) is 1.97. The Kier molecular flexibility index (Phi) is 4.59. The molecule has 3 heterocycles. The molecule has 5 nitrogen and oxygen atoms in total. The van der Waals surface area contributed by atoms with Gasteiger partial charge in [0.25, 0.3) is 5.91 Å². The maximum atomic E-state index is 13.4. The molecule has 1 aromatic carbocycles. The SMILES string of the molecule is COc1ccc(-c2cn3c(C(=O)N4CCCC5CCCCC54)csc3n2)cc1. The molecule has 2 fully saturated rings. The van der Waals surface area contributed by atoms with Crippen LogP contribution in [0, 0.1) is 5.92 Å². The van der Waals surface area contributed by atoms with Crippen LogP contribution in [0.2, 0.25) is 0 Å². The lowest BCUT2D eigenvalue weighted by Gasteiger charge is -2.44. The van der Waals surface area contributed by atoms with Crippen LogP contribution >= 0.6 is 11.3 Å². The van der Waals surface area contributed by atoms with E-state index in [0.29, 0.717) is 12.0 Å². The van der Waals surface area contributed by atoms with Crippen LogP contribution in [0.3, 0.4) is 0 Å². The maximum absolute atomic E-state index is 13.4. The summed E-state index contributed by atoms with van der Waals surface area (Å²) >= 11 is 1.54. The second kappa shape index (κ2) is 7.24. The van der Waals surface area contributed by atoms with Crippen LogP contribution < -0.4 is 4.74 Å². The van der Waals surface area contributed by atoms with Crippen LogP contribution in [0.25, 0.3) is 16.2 Å². The summed E-state index contributed by atoms with van der Waals surface area (Å²) in [5.41, 5.74) is 2.66. The topological polar surface area (TPSA) is 46.8 Å². The summed E-state index contributed by atoms with van der Waals surface area (Å²) < 4.78 is 7.21. The number of hydrogen-bond donors (Lipinski definition) is 0. The van der Waals surface area contributed by atoms with Crippen LogP contribution in [-0.4, -0.2) is 39.9 Å². The number of thiazole rings is 1. The van der Waals surface area contributed by atoms with Crippen molar-refractivity contribution in [1.82, 2.24) is 14.3 Å². The molecule has 6 heteroatoms. The molecule has 5 rings (SSSR count). The van der Waals surface area contributed by atoms with Crippen molar-refractivity contribution >= 4 is 22.2 Å². The summed E-state index contributed by atoms with van der Waals surface area (Å²) in [6, 6.07) is 8.31. The minimum absolute atomic E-state index is 0.168. The predicted octanol–water partition coefficient (Wildman–Crippen LogP) is 4.87. The van der Waals surface area contributed by atoms with E-state index in [1.165, 1.54) is 37.0 Å². The molecule has 0 spiro atoms. The molecule has 2 aromatic heterocycles. The normalized spacial score (nSPS) is 22.2. The molecule has 1 amide bonds. The highest BCUT2D eigenvalue weighted by molar-refractivity contribution is 7.15. The Morgan fingerprint density at radius 3 is 2.75 bits per heavy atom. The summed E-state index contributed by atoms with van der Waals surface area (Å²) in [7, 11) is 1.66. The van der Waals surface area contributed by atoms with Crippen molar-refractivity contribution in [3.8, 4) is 17.0 Å². The number of nitrogens with zero attached hydrogens (tertiary/aromatic N) is 3. The van der Waals surface area contributed by atoms with Crippen molar-refractivity contribution in [2.45, 2.75) is 44.6 Å². The monoisotopic (exact) mass is 395 g/mol. The molecular formula is C22H25N3O2S. The fraction of sp³-hybridized carbons (Fsp3) is 0.455. The van der Waals surface area contributed by atoms with Gasteiger partial charge in [-0.25, -0.2) is 4.98 Å². The number of rotatable bonds is 3. The molecule has 1 aliphatic heterocycles. The number of fused-ring (bicyclic) bond motifs is 2. The van der Waals surface area contributed by atoms with Crippen molar-refractivity contribution in [1.29, 1.82) is 0 Å². The summed E-state index contributed by atoms with van der Waals surface area (Å²) in [5.74, 6) is 1.69. The molecular weight excluding hydrogens is 370 g/mol. The number of carbonyl (C=O) groups is 1. The second-order valence-electron chi connectivity index (χ2n) is 7.88. The van der Waals surface area contributed by atoms with Gasteiger partial charge in [0.15, 0.2) is 4.96 Å². The van der Waals surface area contributed by atoms with Gasteiger partial charge in [-0.15, -0.1) is 11.3 Å². The van der Waals surface area contributed by atoms with E-state index >= 15 is 0 Å². The van der Waals surface area contributed by atoms with E-state index in [1.807, 2.05) is 40.2 Å². The highest BCUT2D eigenvalue weighted by Crippen LogP contribution is 2.36. The molecule has 0 bridgehead atoms. The molecule has 1 aliphatic carbocycles. The standard InChI is InChI=1S/C22H25N3O2S/c1-27-17-10-8-15(9-11-17)18-13-25-20(14-28-22(25)23-18)21(26)24-12-4-6-16-5-2-3-7-19(16)24/h8-11,13-14,16,19H,2-7,12H2,1H3. The molecule has 1 saturated heterocycles.